The lowest BCUT2D eigenvalue weighted by Gasteiger charge is -2.24. The number of carbonyl (C=O) groups is 2. The summed E-state index contributed by atoms with van der Waals surface area (Å²) in [7, 11) is -4.04. The Labute approximate surface area is 256 Å². The van der Waals surface area contributed by atoms with Crippen molar-refractivity contribution in [2.24, 2.45) is 5.10 Å². The number of amides is 2. The lowest BCUT2D eigenvalue weighted by Crippen LogP contribution is -2.39. The van der Waals surface area contributed by atoms with E-state index in [4.69, 9.17) is 16.3 Å². The van der Waals surface area contributed by atoms with Crippen LogP contribution in [-0.4, -0.2) is 39.6 Å². The van der Waals surface area contributed by atoms with Gasteiger partial charge in [-0.25, -0.2) is 13.8 Å². The Morgan fingerprint density at radius 2 is 1.60 bits per heavy atom. The first-order chi connectivity index (χ1) is 20.5. The quantitative estimate of drug-likeness (QED) is 0.167. The molecule has 0 atom stereocenters. The normalized spacial score (nSPS) is 11.3. The first-order valence-corrected chi connectivity index (χ1v) is 15.1. The standard InChI is InChI=1S/C32H31ClN4O5S/c1-22-7-15-30(16-8-22)43(40,41)37(28-12-9-23(2)24(3)17-28)20-31(38)36-34-19-25-10-13-29(14-11-25)42-21-32(39)35-27-6-4-5-26(33)18-27/h4-19H,20-21H2,1-3H3,(H,35,39)(H,36,38)/b34-19-. The maximum Gasteiger partial charge on any atom is 0.264 e. The molecule has 0 spiro atoms. The number of anilines is 2. The highest BCUT2D eigenvalue weighted by Gasteiger charge is 2.27. The summed E-state index contributed by atoms with van der Waals surface area (Å²) in [5, 5.41) is 7.20. The molecule has 0 saturated carbocycles. The molecule has 0 aliphatic heterocycles. The highest BCUT2D eigenvalue weighted by atomic mass is 35.5. The molecule has 0 heterocycles. The fourth-order valence-electron chi connectivity index (χ4n) is 3.94. The van der Waals surface area contributed by atoms with Crippen LogP contribution < -0.4 is 19.8 Å². The van der Waals surface area contributed by atoms with Gasteiger partial charge in [-0.3, -0.25) is 13.9 Å². The molecule has 0 saturated heterocycles. The molecule has 0 aliphatic carbocycles. The molecule has 43 heavy (non-hydrogen) atoms. The number of rotatable bonds is 11. The van der Waals surface area contributed by atoms with Crippen molar-refractivity contribution < 1.29 is 22.7 Å². The summed E-state index contributed by atoms with van der Waals surface area (Å²) in [6, 6.07) is 25.2. The van der Waals surface area contributed by atoms with Gasteiger partial charge in [0.2, 0.25) is 0 Å². The Bertz CT molecular complexity index is 1740. The number of halogens is 1. The minimum Gasteiger partial charge on any atom is -0.484 e. The average Bonchev–Trinajstić information content (AvgIpc) is 2.97. The highest BCUT2D eigenvalue weighted by Crippen LogP contribution is 2.26. The van der Waals surface area contributed by atoms with Crippen LogP contribution in [0.4, 0.5) is 11.4 Å². The van der Waals surface area contributed by atoms with E-state index in [9.17, 15) is 18.0 Å². The molecular weight excluding hydrogens is 588 g/mol. The third-order valence-corrected chi connectivity index (χ3v) is 8.46. The van der Waals surface area contributed by atoms with Crippen LogP contribution >= 0.6 is 11.6 Å². The van der Waals surface area contributed by atoms with Gasteiger partial charge in [0.15, 0.2) is 6.61 Å². The first-order valence-electron chi connectivity index (χ1n) is 13.3. The number of nitrogens with zero attached hydrogens (tertiary/aromatic N) is 2. The van der Waals surface area contributed by atoms with Gasteiger partial charge in [0.05, 0.1) is 16.8 Å². The Balaban J connectivity index is 1.37. The van der Waals surface area contributed by atoms with Crippen molar-refractivity contribution in [1.29, 1.82) is 0 Å². The molecule has 222 valence electrons. The lowest BCUT2D eigenvalue weighted by atomic mass is 10.1. The van der Waals surface area contributed by atoms with E-state index in [1.54, 1.807) is 72.8 Å². The van der Waals surface area contributed by atoms with E-state index in [-0.39, 0.29) is 17.4 Å². The van der Waals surface area contributed by atoms with Crippen molar-refractivity contribution in [1.82, 2.24) is 5.43 Å². The number of benzene rings is 4. The van der Waals surface area contributed by atoms with Crippen molar-refractivity contribution >= 4 is 51.0 Å². The van der Waals surface area contributed by atoms with Crippen LogP contribution in [0.1, 0.15) is 22.3 Å². The molecule has 11 heteroatoms. The molecule has 4 aromatic carbocycles. The Morgan fingerprint density at radius 1 is 0.884 bits per heavy atom. The summed E-state index contributed by atoms with van der Waals surface area (Å²) < 4.78 is 33.7. The van der Waals surface area contributed by atoms with Crippen molar-refractivity contribution in [3.63, 3.8) is 0 Å². The maximum atomic E-state index is 13.6. The number of carbonyl (C=O) groups excluding carboxylic acids is 2. The molecule has 0 fully saturated rings. The molecule has 2 N–H and O–H groups in total. The summed E-state index contributed by atoms with van der Waals surface area (Å²) >= 11 is 5.93. The smallest absolute Gasteiger partial charge is 0.264 e. The predicted molar refractivity (Wildman–Crippen MR) is 169 cm³/mol. The van der Waals surface area contributed by atoms with Crippen molar-refractivity contribution in [3.8, 4) is 5.75 Å². The van der Waals surface area contributed by atoms with Crippen LogP contribution in [0.5, 0.6) is 5.75 Å². The van der Waals surface area contributed by atoms with Crippen LogP contribution in [-0.2, 0) is 19.6 Å². The van der Waals surface area contributed by atoms with Crippen LogP contribution in [0, 0.1) is 20.8 Å². The van der Waals surface area contributed by atoms with Gasteiger partial charge >= 0.3 is 0 Å². The molecule has 4 aromatic rings. The fraction of sp³-hybridized carbons (Fsp3) is 0.156. The molecule has 2 amide bonds. The molecule has 0 unspecified atom stereocenters. The minimum absolute atomic E-state index is 0.0804. The van der Waals surface area contributed by atoms with Gasteiger partial charge in [-0.05, 0) is 104 Å². The number of ether oxygens (including phenoxy) is 1. The summed E-state index contributed by atoms with van der Waals surface area (Å²) in [6.07, 6.45) is 1.42. The summed E-state index contributed by atoms with van der Waals surface area (Å²) in [5.74, 6) is -0.488. The summed E-state index contributed by atoms with van der Waals surface area (Å²) in [6.45, 7) is 5.01. The molecule has 4 rings (SSSR count). The van der Waals surface area contributed by atoms with Gasteiger partial charge < -0.3 is 10.1 Å². The molecule has 0 aromatic heterocycles. The van der Waals surface area contributed by atoms with E-state index < -0.39 is 22.5 Å². The first kappa shape index (κ1) is 31.3. The Kier molecular flexibility index (Phi) is 10.2. The van der Waals surface area contributed by atoms with Crippen LogP contribution in [0.3, 0.4) is 0 Å². The number of sulfonamides is 1. The third-order valence-electron chi connectivity index (χ3n) is 6.44. The van der Waals surface area contributed by atoms with Gasteiger partial charge in [-0.2, -0.15) is 5.10 Å². The monoisotopic (exact) mass is 618 g/mol. The van der Waals surface area contributed by atoms with Gasteiger partial charge in [0, 0.05) is 10.7 Å². The zero-order valence-corrected chi connectivity index (χ0v) is 25.4. The number of aryl methyl sites for hydroxylation is 3. The van der Waals surface area contributed by atoms with Crippen molar-refractivity contribution in [2.45, 2.75) is 25.7 Å². The van der Waals surface area contributed by atoms with E-state index >= 15 is 0 Å². The number of hydrogen-bond donors (Lipinski definition) is 2. The van der Waals surface area contributed by atoms with E-state index in [0.29, 0.717) is 27.7 Å². The second-order valence-corrected chi connectivity index (χ2v) is 12.1. The predicted octanol–water partition coefficient (Wildman–Crippen LogP) is 5.63. The summed E-state index contributed by atoms with van der Waals surface area (Å²) in [5.41, 5.74) is 6.81. The number of hydrazone groups is 1. The van der Waals surface area contributed by atoms with Crippen LogP contribution in [0.2, 0.25) is 5.02 Å². The van der Waals surface area contributed by atoms with Crippen molar-refractivity contribution in [3.05, 3.63) is 118 Å². The molecular formula is C32H31ClN4O5S. The van der Waals surface area contributed by atoms with Gasteiger partial charge in [-0.15, -0.1) is 0 Å². The van der Waals surface area contributed by atoms with Crippen LogP contribution in [0.25, 0.3) is 0 Å². The Hall–Kier alpha value is -4.67. The van der Waals surface area contributed by atoms with Crippen LogP contribution in [0.15, 0.2) is 101 Å². The highest BCUT2D eigenvalue weighted by molar-refractivity contribution is 7.92. The van der Waals surface area contributed by atoms with E-state index in [1.165, 1.54) is 18.3 Å². The topological polar surface area (TPSA) is 117 Å². The molecule has 0 bridgehead atoms. The molecule has 0 aliphatic rings. The third kappa shape index (κ3) is 8.67. The van der Waals surface area contributed by atoms with Crippen molar-refractivity contribution in [2.75, 3.05) is 22.8 Å². The average molecular weight is 619 g/mol. The second-order valence-electron chi connectivity index (χ2n) is 9.80. The molecule has 0 radical (unpaired) electrons. The lowest BCUT2D eigenvalue weighted by molar-refractivity contribution is -0.119. The van der Waals surface area contributed by atoms with E-state index in [0.717, 1.165) is 21.0 Å². The van der Waals surface area contributed by atoms with Gasteiger partial charge in [0.25, 0.3) is 21.8 Å². The summed E-state index contributed by atoms with van der Waals surface area (Å²) in [4.78, 5) is 25.1. The minimum atomic E-state index is -4.04. The van der Waals surface area contributed by atoms with E-state index in [1.807, 2.05) is 26.8 Å². The fourth-order valence-corrected chi connectivity index (χ4v) is 5.54. The molecule has 9 nitrogen and oxygen atoms in total. The van der Waals surface area contributed by atoms with E-state index in [2.05, 4.69) is 15.8 Å². The SMILES string of the molecule is Cc1ccc(S(=O)(=O)N(CC(=O)N/N=C\c2ccc(OCC(=O)Nc3cccc(Cl)c3)cc2)c2ccc(C)c(C)c2)cc1. The van der Waals surface area contributed by atoms with Gasteiger partial charge in [0.1, 0.15) is 12.3 Å². The second kappa shape index (κ2) is 14.0. The number of hydrogen-bond acceptors (Lipinski definition) is 6. The zero-order chi connectivity index (χ0) is 31.0. The maximum absolute atomic E-state index is 13.6. The van der Waals surface area contributed by atoms with Gasteiger partial charge in [-0.1, -0.05) is 41.4 Å². The number of nitrogens with one attached hydrogen (secondary N) is 2. The largest absolute Gasteiger partial charge is 0.484 e. The zero-order valence-electron chi connectivity index (χ0n) is 23.9. The Morgan fingerprint density at radius 3 is 2.28 bits per heavy atom.